The van der Waals surface area contributed by atoms with E-state index in [0.29, 0.717) is 31.0 Å². The summed E-state index contributed by atoms with van der Waals surface area (Å²) in [7, 11) is -1.99. The van der Waals surface area contributed by atoms with Gasteiger partial charge in [-0.15, -0.1) is 0 Å². The number of hydrogen-bond donors (Lipinski definition) is 1. The monoisotopic (exact) mass is 489 g/mol. The van der Waals surface area contributed by atoms with Gasteiger partial charge in [0.15, 0.2) is 0 Å². The third kappa shape index (κ3) is 7.02. The van der Waals surface area contributed by atoms with Gasteiger partial charge in [0.2, 0.25) is 10.0 Å². The molecule has 1 aliphatic rings. The molecule has 0 aromatic heterocycles. The molecule has 184 valence electrons. The van der Waals surface area contributed by atoms with Gasteiger partial charge >= 0.3 is 5.97 Å². The molecule has 1 amide bonds. The first kappa shape index (κ1) is 25.7. The number of aryl methyl sites for hydroxylation is 1. The van der Waals surface area contributed by atoms with E-state index in [4.69, 9.17) is 9.47 Å². The van der Waals surface area contributed by atoms with E-state index >= 15 is 0 Å². The molecule has 1 aliphatic heterocycles. The van der Waals surface area contributed by atoms with E-state index in [1.54, 1.807) is 24.3 Å². The first-order valence-electron chi connectivity index (χ1n) is 11.0. The number of nitrogens with zero attached hydrogens (tertiary/aromatic N) is 2. The molecule has 1 unspecified atom stereocenters. The van der Waals surface area contributed by atoms with Crippen LogP contribution in [0.5, 0.6) is 5.75 Å². The number of ether oxygens (including phenoxy) is 2. The number of benzene rings is 2. The summed E-state index contributed by atoms with van der Waals surface area (Å²) in [5.41, 5.74) is 2.68. The second kappa shape index (κ2) is 11.5. The highest BCUT2D eigenvalue weighted by Gasteiger charge is 2.32. The number of rotatable bonds is 9. The summed E-state index contributed by atoms with van der Waals surface area (Å²) in [6, 6.07) is 14.2. The van der Waals surface area contributed by atoms with Crippen LogP contribution in [-0.4, -0.2) is 81.6 Å². The minimum Gasteiger partial charge on any atom is -0.489 e. The van der Waals surface area contributed by atoms with Crippen LogP contribution in [-0.2, 0) is 26.2 Å². The van der Waals surface area contributed by atoms with Gasteiger partial charge in [-0.3, -0.25) is 14.5 Å². The van der Waals surface area contributed by atoms with Crippen LogP contribution in [0.3, 0.4) is 0 Å². The molecular weight excluding hydrogens is 458 g/mol. The van der Waals surface area contributed by atoms with Crippen molar-refractivity contribution in [2.75, 3.05) is 46.1 Å². The highest BCUT2D eigenvalue weighted by Crippen LogP contribution is 2.15. The molecule has 0 spiro atoms. The van der Waals surface area contributed by atoms with E-state index in [0.717, 1.165) is 5.56 Å². The van der Waals surface area contributed by atoms with E-state index in [2.05, 4.69) is 5.32 Å². The van der Waals surface area contributed by atoms with Crippen LogP contribution in [0.15, 0.2) is 48.5 Å². The molecule has 3 rings (SSSR count). The van der Waals surface area contributed by atoms with Gasteiger partial charge in [-0.2, -0.15) is 4.31 Å². The van der Waals surface area contributed by atoms with Gasteiger partial charge in [-0.05, 0) is 36.8 Å². The summed E-state index contributed by atoms with van der Waals surface area (Å²) < 4.78 is 35.5. The fraction of sp³-hybridized carbons (Fsp3) is 0.417. The number of carbonyl (C=O) groups is 2. The van der Waals surface area contributed by atoms with Crippen molar-refractivity contribution in [3.63, 3.8) is 0 Å². The molecule has 10 heteroatoms. The maximum absolute atomic E-state index is 12.6. The third-order valence-electron chi connectivity index (χ3n) is 5.75. The van der Waals surface area contributed by atoms with Crippen LogP contribution >= 0.6 is 0 Å². The van der Waals surface area contributed by atoms with E-state index < -0.39 is 22.0 Å². The van der Waals surface area contributed by atoms with Crippen LogP contribution in [0.1, 0.15) is 21.5 Å². The first-order valence-corrected chi connectivity index (χ1v) is 12.9. The molecule has 0 bridgehead atoms. The van der Waals surface area contributed by atoms with Crippen molar-refractivity contribution in [2.45, 2.75) is 19.6 Å². The van der Waals surface area contributed by atoms with Crippen molar-refractivity contribution >= 4 is 21.9 Å². The van der Waals surface area contributed by atoms with Gasteiger partial charge in [0.1, 0.15) is 18.4 Å². The molecule has 1 heterocycles. The molecule has 34 heavy (non-hydrogen) atoms. The predicted molar refractivity (Wildman–Crippen MR) is 128 cm³/mol. The Balaban J connectivity index is 1.53. The zero-order valence-electron chi connectivity index (χ0n) is 19.7. The Morgan fingerprint density at radius 2 is 1.62 bits per heavy atom. The van der Waals surface area contributed by atoms with Gasteiger partial charge in [-0.25, -0.2) is 8.42 Å². The van der Waals surface area contributed by atoms with Gasteiger partial charge in [0.25, 0.3) is 5.91 Å². The maximum Gasteiger partial charge on any atom is 0.324 e. The highest BCUT2D eigenvalue weighted by molar-refractivity contribution is 7.88. The topological polar surface area (TPSA) is 105 Å². The van der Waals surface area contributed by atoms with Gasteiger partial charge < -0.3 is 14.8 Å². The number of esters is 1. The summed E-state index contributed by atoms with van der Waals surface area (Å²) in [5, 5.41) is 2.78. The number of piperazine rings is 1. The zero-order valence-corrected chi connectivity index (χ0v) is 20.5. The summed E-state index contributed by atoms with van der Waals surface area (Å²) >= 11 is 0. The smallest absolute Gasteiger partial charge is 0.324 e. The fourth-order valence-electron chi connectivity index (χ4n) is 3.69. The number of sulfonamides is 1. The average Bonchev–Trinajstić information content (AvgIpc) is 2.83. The van der Waals surface area contributed by atoms with Gasteiger partial charge in [0, 0.05) is 38.3 Å². The second-order valence-electron chi connectivity index (χ2n) is 8.25. The van der Waals surface area contributed by atoms with Gasteiger partial charge in [0.05, 0.1) is 13.4 Å². The van der Waals surface area contributed by atoms with Gasteiger partial charge in [-0.1, -0.05) is 29.8 Å². The summed E-state index contributed by atoms with van der Waals surface area (Å²) in [5.74, 6) is -0.157. The van der Waals surface area contributed by atoms with Crippen molar-refractivity contribution < 1.29 is 27.5 Å². The summed E-state index contributed by atoms with van der Waals surface area (Å²) in [4.78, 5) is 26.8. The number of amides is 1. The molecule has 0 radical (unpaired) electrons. The SMILES string of the molecule is COC(=O)C(CNC(=O)c1ccc(OCc2ccc(C)cc2)cc1)N1CCN(S(C)(=O)=O)CC1. The van der Waals surface area contributed by atoms with E-state index in [1.807, 2.05) is 36.1 Å². The van der Waals surface area contributed by atoms with Crippen LogP contribution in [0.25, 0.3) is 0 Å². The molecule has 2 aromatic carbocycles. The van der Waals surface area contributed by atoms with Crippen LogP contribution in [0, 0.1) is 6.92 Å². The van der Waals surface area contributed by atoms with Crippen molar-refractivity contribution in [2.24, 2.45) is 0 Å². The van der Waals surface area contributed by atoms with Crippen LogP contribution in [0.2, 0.25) is 0 Å². The van der Waals surface area contributed by atoms with Crippen molar-refractivity contribution in [1.82, 2.24) is 14.5 Å². The summed E-state index contributed by atoms with van der Waals surface area (Å²) in [6.45, 7) is 3.82. The third-order valence-corrected chi connectivity index (χ3v) is 7.06. The lowest BCUT2D eigenvalue weighted by atomic mass is 10.1. The Hall–Kier alpha value is -2.95. The minimum absolute atomic E-state index is 0.0516. The lowest BCUT2D eigenvalue weighted by Crippen LogP contribution is -2.57. The van der Waals surface area contributed by atoms with Crippen molar-refractivity contribution in [1.29, 1.82) is 0 Å². The molecule has 9 nitrogen and oxygen atoms in total. The Morgan fingerprint density at radius 1 is 1.00 bits per heavy atom. The maximum atomic E-state index is 12.6. The largest absolute Gasteiger partial charge is 0.489 e. The standard InChI is InChI=1S/C24H31N3O6S/c1-18-4-6-19(7-5-18)17-33-21-10-8-20(9-11-21)23(28)25-16-22(24(29)32-2)26-12-14-27(15-13-26)34(3,30)31/h4-11,22H,12-17H2,1-3H3,(H,25,28). The van der Waals surface area contributed by atoms with Crippen molar-refractivity contribution in [3.8, 4) is 5.75 Å². The number of carbonyl (C=O) groups excluding carboxylic acids is 2. The van der Waals surface area contributed by atoms with E-state index in [1.165, 1.54) is 23.2 Å². The molecule has 1 N–H and O–H groups in total. The van der Waals surface area contributed by atoms with E-state index in [-0.39, 0.29) is 25.5 Å². The molecule has 2 aromatic rings. The van der Waals surface area contributed by atoms with Crippen LogP contribution < -0.4 is 10.1 Å². The lowest BCUT2D eigenvalue weighted by Gasteiger charge is -2.37. The van der Waals surface area contributed by atoms with E-state index in [9.17, 15) is 18.0 Å². The summed E-state index contributed by atoms with van der Waals surface area (Å²) in [6.07, 6.45) is 1.17. The molecule has 1 atom stereocenters. The molecule has 0 saturated carbocycles. The molecule has 1 fully saturated rings. The Bertz CT molecular complexity index is 1080. The fourth-order valence-corrected chi connectivity index (χ4v) is 4.52. The quantitative estimate of drug-likeness (QED) is 0.531. The molecular formula is C24H31N3O6S. The number of methoxy groups -OCH3 is 1. The average molecular weight is 490 g/mol. The number of hydrogen-bond acceptors (Lipinski definition) is 7. The molecule has 1 saturated heterocycles. The second-order valence-corrected chi connectivity index (χ2v) is 10.2. The van der Waals surface area contributed by atoms with Crippen LogP contribution in [0.4, 0.5) is 0 Å². The minimum atomic E-state index is -3.28. The predicted octanol–water partition coefficient (Wildman–Crippen LogP) is 1.42. The number of nitrogens with one attached hydrogen (secondary N) is 1. The zero-order chi connectivity index (χ0) is 24.7. The highest BCUT2D eigenvalue weighted by atomic mass is 32.2. The Kier molecular flexibility index (Phi) is 8.65. The van der Waals surface area contributed by atoms with Crippen molar-refractivity contribution in [3.05, 3.63) is 65.2 Å². The normalized spacial score (nSPS) is 16.0. The molecule has 0 aliphatic carbocycles. The Morgan fingerprint density at radius 3 is 2.18 bits per heavy atom. The lowest BCUT2D eigenvalue weighted by molar-refractivity contribution is -0.147. The first-order chi connectivity index (χ1) is 16.2. The Labute approximate surface area is 200 Å².